The molecule has 0 aromatic rings. The van der Waals surface area contributed by atoms with Crippen molar-refractivity contribution in [2.24, 2.45) is 0 Å². The molecule has 2 nitrogen and oxygen atoms in total. The summed E-state index contributed by atoms with van der Waals surface area (Å²) in [5, 5.41) is 0. The van der Waals surface area contributed by atoms with Gasteiger partial charge in [-0.25, -0.2) is 0 Å². The number of rotatable bonds is 3. The van der Waals surface area contributed by atoms with E-state index in [1.807, 2.05) is 30.1 Å². The first-order valence-electron chi connectivity index (χ1n) is 3.82. The van der Waals surface area contributed by atoms with E-state index < -0.39 is 0 Å². The first kappa shape index (κ1) is 8.05. The van der Waals surface area contributed by atoms with E-state index in [1.165, 1.54) is 0 Å². The van der Waals surface area contributed by atoms with Crippen LogP contribution in [0.15, 0.2) is 24.8 Å². The molecule has 1 amide bonds. The normalized spacial score (nSPS) is 23.9. The van der Waals surface area contributed by atoms with E-state index in [4.69, 9.17) is 0 Å². The summed E-state index contributed by atoms with van der Waals surface area (Å²) < 4.78 is 0. The number of amides is 1. The summed E-state index contributed by atoms with van der Waals surface area (Å²) in [5.74, 6) is 0.230. The Morgan fingerprint density at radius 1 is 1.82 bits per heavy atom. The third-order valence-corrected chi connectivity index (χ3v) is 1.91. The third-order valence-electron chi connectivity index (χ3n) is 1.91. The molecule has 1 aliphatic rings. The van der Waals surface area contributed by atoms with Crippen LogP contribution in [0.5, 0.6) is 0 Å². The topological polar surface area (TPSA) is 20.3 Å². The molecule has 0 aromatic heterocycles. The predicted octanol–water partition coefficient (Wildman–Crippen LogP) is 1.35. The zero-order valence-electron chi connectivity index (χ0n) is 6.79. The summed E-state index contributed by atoms with van der Waals surface area (Å²) in [4.78, 5) is 12.8. The molecule has 1 aliphatic heterocycles. The van der Waals surface area contributed by atoms with Crippen LogP contribution in [-0.4, -0.2) is 23.4 Å². The molecule has 0 saturated carbocycles. The van der Waals surface area contributed by atoms with Crippen molar-refractivity contribution in [3.8, 4) is 0 Å². The van der Waals surface area contributed by atoms with E-state index in [9.17, 15) is 4.79 Å². The summed E-state index contributed by atoms with van der Waals surface area (Å²) in [6.07, 6.45) is 6.39. The minimum absolute atomic E-state index is 0.230. The number of carbonyl (C=O) groups is 1. The second-order valence-corrected chi connectivity index (χ2v) is 2.62. The third kappa shape index (κ3) is 1.50. The highest BCUT2D eigenvalue weighted by molar-refractivity contribution is 5.83. The quantitative estimate of drug-likeness (QED) is 0.440. The van der Waals surface area contributed by atoms with Crippen LogP contribution in [0.25, 0.3) is 0 Å². The average molecular weight is 151 g/mol. The fourth-order valence-corrected chi connectivity index (χ4v) is 1.15. The highest BCUT2D eigenvalue weighted by atomic mass is 16.2. The van der Waals surface area contributed by atoms with Crippen LogP contribution < -0.4 is 0 Å². The molecule has 1 atom stereocenters. The van der Waals surface area contributed by atoms with Gasteiger partial charge in [-0.05, 0) is 6.92 Å². The van der Waals surface area contributed by atoms with Gasteiger partial charge in [0.15, 0.2) is 0 Å². The molecule has 0 aliphatic carbocycles. The lowest BCUT2D eigenvalue weighted by Gasteiger charge is -2.37. The monoisotopic (exact) mass is 151 g/mol. The number of hydrogen-bond donors (Lipinski definition) is 0. The van der Waals surface area contributed by atoms with Crippen molar-refractivity contribution in [1.82, 2.24) is 4.90 Å². The summed E-state index contributed by atoms with van der Waals surface area (Å²) in [7, 11) is 0. The van der Waals surface area contributed by atoms with E-state index in [0.29, 0.717) is 6.42 Å². The molecule has 0 radical (unpaired) electrons. The van der Waals surface area contributed by atoms with Gasteiger partial charge >= 0.3 is 0 Å². The second kappa shape index (κ2) is 3.37. The highest BCUT2D eigenvalue weighted by Crippen LogP contribution is 2.18. The van der Waals surface area contributed by atoms with Crippen LogP contribution in [0.4, 0.5) is 0 Å². The summed E-state index contributed by atoms with van der Waals surface area (Å²) in [6, 6.07) is 0.277. The predicted molar refractivity (Wildman–Crippen MR) is 45.1 cm³/mol. The molecule has 1 fully saturated rings. The maximum Gasteiger partial charge on any atom is 0.225 e. The molecule has 0 N–H and O–H groups in total. The number of hydrogen-bond acceptors (Lipinski definition) is 1. The lowest BCUT2D eigenvalue weighted by molar-refractivity contribution is -0.142. The van der Waals surface area contributed by atoms with Gasteiger partial charge in [-0.15, -0.1) is 6.58 Å². The zero-order chi connectivity index (χ0) is 8.27. The van der Waals surface area contributed by atoms with Crippen molar-refractivity contribution >= 4 is 5.91 Å². The van der Waals surface area contributed by atoms with Crippen LogP contribution in [0, 0.1) is 0 Å². The number of β-lactam (4-membered cyclic amide) rings is 1. The Kier molecular flexibility index (Phi) is 2.47. The number of allylic oxidation sites excluding steroid dienone is 1. The molecule has 1 heterocycles. The van der Waals surface area contributed by atoms with Gasteiger partial charge in [0.2, 0.25) is 5.91 Å². The molecule has 0 aromatic carbocycles. The first-order chi connectivity index (χ1) is 5.29. The van der Waals surface area contributed by atoms with Crippen molar-refractivity contribution < 1.29 is 4.79 Å². The highest BCUT2D eigenvalue weighted by Gasteiger charge is 2.32. The van der Waals surface area contributed by atoms with Crippen molar-refractivity contribution in [2.45, 2.75) is 19.4 Å². The number of carbonyl (C=O) groups excluding carboxylic acids is 1. The summed E-state index contributed by atoms with van der Waals surface area (Å²) >= 11 is 0. The smallest absolute Gasteiger partial charge is 0.225 e. The molecule has 1 saturated heterocycles. The molecular weight excluding hydrogens is 138 g/mol. The molecule has 60 valence electrons. The Labute approximate surface area is 67.2 Å². The molecular formula is C9H13NO. The van der Waals surface area contributed by atoms with Gasteiger partial charge in [-0.3, -0.25) is 4.79 Å². The Morgan fingerprint density at radius 2 is 2.55 bits per heavy atom. The average Bonchev–Trinajstić information content (AvgIpc) is 2.00. The Balaban J connectivity index is 2.42. The van der Waals surface area contributed by atoms with E-state index in [2.05, 4.69) is 6.58 Å². The van der Waals surface area contributed by atoms with E-state index in [0.717, 1.165) is 6.54 Å². The second-order valence-electron chi connectivity index (χ2n) is 2.62. The van der Waals surface area contributed by atoms with Crippen LogP contribution in [0.1, 0.15) is 13.3 Å². The molecule has 2 heteroatoms. The zero-order valence-corrected chi connectivity index (χ0v) is 6.79. The van der Waals surface area contributed by atoms with Crippen LogP contribution in [0.2, 0.25) is 0 Å². The lowest BCUT2D eigenvalue weighted by Crippen LogP contribution is -2.51. The Bertz CT molecular complexity index is 196. The minimum atomic E-state index is 0.230. The largest absolute Gasteiger partial charge is 0.332 e. The van der Waals surface area contributed by atoms with Gasteiger partial charge in [0.25, 0.3) is 0 Å². The number of likely N-dealkylation sites (tertiary alicyclic amines) is 1. The van der Waals surface area contributed by atoms with Gasteiger partial charge in [0.05, 0.1) is 12.5 Å². The molecule has 11 heavy (non-hydrogen) atoms. The van der Waals surface area contributed by atoms with Crippen LogP contribution in [-0.2, 0) is 4.79 Å². The van der Waals surface area contributed by atoms with Crippen molar-refractivity contribution in [1.29, 1.82) is 0 Å². The standard InChI is InChI=1S/C9H13NO/c1-3-5-6-10-8(4-2)7-9(10)11/h3-5,8H,2,6-7H2,1H3/b5-3+. The van der Waals surface area contributed by atoms with Crippen molar-refractivity contribution in [3.63, 3.8) is 0 Å². The van der Waals surface area contributed by atoms with Crippen molar-refractivity contribution in [3.05, 3.63) is 24.8 Å². The maximum atomic E-state index is 10.9. The molecule has 1 rings (SSSR count). The fourth-order valence-electron chi connectivity index (χ4n) is 1.15. The van der Waals surface area contributed by atoms with Gasteiger partial charge in [-0.2, -0.15) is 0 Å². The summed E-state index contributed by atoms with van der Waals surface area (Å²) in [6.45, 7) is 6.34. The first-order valence-corrected chi connectivity index (χ1v) is 3.82. The van der Waals surface area contributed by atoms with E-state index in [1.54, 1.807) is 0 Å². The summed E-state index contributed by atoms with van der Waals surface area (Å²) in [5.41, 5.74) is 0. The molecule has 1 unspecified atom stereocenters. The van der Waals surface area contributed by atoms with Crippen LogP contribution >= 0.6 is 0 Å². The van der Waals surface area contributed by atoms with Gasteiger partial charge in [0, 0.05) is 6.54 Å². The Hall–Kier alpha value is -1.05. The molecule has 0 spiro atoms. The van der Waals surface area contributed by atoms with Gasteiger partial charge in [-0.1, -0.05) is 18.2 Å². The van der Waals surface area contributed by atoms with Gasteiger partial charge < -0.3 is 4.90 Å². The molecule has 0 bridgehead atoms. The number of nitrogens with zero attached hydrogens (tertiary/aromatic N) is 1. The minimum Gasteiger partial charge on any atom is -0.332 e. The van der Waals surface area contributed by atoms with Crippen molar-refractivity contribution in [2.75, 3.05) is 6.54 Å². The maximum absolute atomic E-state index is 10.9. The lowest BCUT2D eigenvalue weighted by atomic mass is 10.0. The SMILES string of the molecule is C=CC1CC(=O)N1C/C=C/C. The van der Waals surface area contributed by atoms with E-state index >= 15 is 0 Å². The van der Waals surface area contributed by atoms with Gasteiger partial charge in [0.1, 0.15) is 0 Å². The fraction of sp³-hybridized carbons (Fsp3) is 0.444. The van der Waals surface area contributed by atoms with E-state index in [-0.39, 0.29) is 11.9 Å². The van der Waals surface area contributed by atoms with Crippen LogP contribution in [0.3, 0.4) is 0 Å². The Morgan fingerprint density at radius 3 is 3.00 bits per heavy atom.